The summed E-state index contributed by atoms with van der Waals surface area (Å²) in [6.07, 6.45) is 0. The molecule has 1 aromatic heterocycles. The fourth-order valence-electron chi connectivity index (χ4n) is 2.48. The quantitative estimate of drug-likeness (QED) is 0.414. The number of pyridine rings is 1. The van der Waals surface area contributed by atoms with Gasteiger partial charge in [-0.25, -0.2) is 13.4 Å². The molecular weight excluding hydrogens is 308 g/mol. The van der Waals surface area contributed by atoms with E-state index in [9.17, 15) is 8.42 Å². The highest BCUT2D eigenvalue weighted by Gasteiger charge is 2.33. The lowest BCUT2D eigenvalue weighted by atomic mass is 10.1. The van der Waals surface area contributed by atoms with Gasteiger partial charge in [0.05, 0.1) is 10.4 Å². The van der Waals surface area contributed by atoms with Crippen molar-refractivity contribution in [2.75, 3.05) is 13.1 Å². The zero-order chi connectivity index (χ0) is 14.6. The van der Waals surface area contributed by atoms with Gasteiger partial charge in [-0.3, -0.25) is 0 Å². The lowest BCUT2D eigenvalue weighted by Gasteiger charge is -2.08. The molecule has 0 amide bonds. The molecule has 6 heteroatoms. The molecule has 106 valence electrons. The van der Waals surface area contributed by atoms with Gasteiger partial charge in [-0.15, -0.1) is 0 Å². The van der Waals surface area contributed by atoms with E-state index in [1.165, 1.54) is 4.31 Å². The summed E-state index contributed by atoms with van der Waals surface area (Å²) in [7, 11) is -3.36. The number of aromatic nitrogens is 1. The standard InChI is InChI=1S/C15H11ClN2O2S/c16-15-12-4-2-1-3-11(12)13-9-10(5-6-14(13)17-15)21(19,20)18-7-8-18/h1-6,9H,7-8H2. The summed E-state index contributed by atoms with van der Waals surface area (Å²) in [6.45, 7) is 1.19. The van der Waals surface area contributed by atoms with E-state index in [0.717, 1.165) is 16.2 Å². The van der Waals surface area contributed by atoms with E-state index in [4.69, 9.17) is 11.6 Å². The fraction of sp³-hybridized carbons (Fsp3) is 0.133. The molecule has 0 bridgehead atoms. The first-order valence-corrected chi connectivity index (χ1v) is 8.37. The Bertz CT molecular complexity index is 982. The maximum atomic E-state index is 12.3. The minimum absolute atomic E-state index is 0.307. The smallest absolute Gasteiger partial charge is 0.235 e. The second kappa shape index (κ2) is 4.40. The van der Waals surface area contributed by atoms with Gasteiger partial charge in [0, 0.05) is 23.9 Å². The first-order chi connectivity index (χ1) is 10.1. The highest BCUT2D eigenvalue weighted by atomic mass is 35.5. The second-order valence-corrected chi connectivity index (χ2v) is 7.33. The summed E-state index contributed by atoms with van der Waals surface area (Å²) < 4.78 is 26.1. The van der Waals surface area contributed by atoms with Gasteiger partial charge >= 0.3 is 0 Å². The Kier molecular flexibility index (Phi) is 2.73. The summed E-state index contributed by atoms with van der Waals surface area (Å²) in [5.74, 6) is 0. The van der Waals surface area contributed by atoms with Gasteiger partial charge in [-0.2, -0.15) is 4.31 Å². The van der Waals surface area contributed by atoms with Gasteiger partial charge in [0.1, 0.15) is 5.15 Å². The van der Waals surface area contributed by atoms with Crippen molar-refractivity contribution in [2.45, 2.75) is 4.90 Å². The molecule has 1 fully saturated rings. The molecule has 3 aromatic rings. The van der Waals surface area contributed by atoms with Gasteiger partial charge in [0.15, 0.2) is 0 Å². The van der Waals surface area contributed by atoms with E-state index in [0.29, 0.717) is 28.7 Å². The van der Waals surface area contributed by atoms with Gasteiger partial charge < -0.3 is 0 Å². The average Bonchev–Trinajstić information content (AvgIpc) is 3.32. The van der Waals surface area contributed by atoms with E-state index in [-0.39, 0.29) is 0 Å². The molecule has 2 heterocycles. The highest BCUT2D eigenvalue weighted by molar-refractivity contribution is 7.89. The first kappa shape index (κ1) is 13.0. The van der Waals surface area contributed by atoms with Gasteiger partial charge in [-0.1, -0.05) is 35.9 Å². The molecule has 4 nitrogen and oxygen atoms in total. The van der Waals surface area contributed by atoms with Gasteiger partial charge in [0.2, 0.25) is 10.0 Å². The van der Waals surface area contributed by atoms with Crippen LogP contribution in [0.4, 0.5) is 0 Å². The molecule has 21 heavy (non-hydrogen) atoms. The molecule has 1 aliphatic rings. The number of nitrogens with zero attached hydrogens (tertiary/aromatic N) is 2. The van der Waals surface area contributed by atoms with Gasteiger partial charge in [-0.05, 0) is 23.6 Å². The lowest BCUT2D eigenvalue weighted by molar-refractivity contribution is 0.563. The number of hydrogen-bond donors (Lipinski definition) is 0. The molecule has 1 saturated heterocycles. The Balaban J connectivity index is 2.07. The molecule has 0 spiro atoms. The van der Waals surface area contributed by atoms with Crippen molar-refractivity contribution >= 4 is 43.3 Å². The summed E-state index contributed by atoms with van der Waals surface area (Å²) in [5.41, 5.74) is 0.698. The van der Waals surface area contributed by atoms with Crippen molar-refractivity contribution in [1.29, 1.82) is 0 Å². The number of hydrogen-bond acceptors (Lipinski definition) is 3. The van der Waals surface area contributed by atoms with Crippen molar-refractivity contribution in [3.8, 4) is 0 Å². The SMILES string of the molecule is O=S(=O)(c1ccc2nc(Cl)c3ccccc3c2c1)N1CC1. The lowest BCUT2D eigenvalue weighted by Crippen LogP contribution is -2.11. The second-order valence-electron chi connectivity index (χ2n) is 5.03. The van der Waals surface area contributed by atoms with Crippen LogP contribution >= 0.6 is 11.6 Å². The van der Waals surface area contributed by atoms with Crippen molar-refractivity contribution in [1.82, 2.24) is 9.29 Å². The predicted molar refractivity (Wildman–Crippen MR) is 83.0 cm³/mol. The van der Waals surface area contributed by atoms with Crippen LogP contribution in [0.2, 0.25) is 5.15 Å². The highest BCUT2D eigenvalue weighted by Crippen LogP contribution is 2.31. The Morgan fingerprint density at radius 1 is 1.00 bits per heavy atom. The number of halogens is 1. The molecule has 0 aliphatic carbocycles. The van der Waals surface area contributed by atoms with E-state index < -0.39 is 10.0 Å². The molecule has 0 saturated carbocycles. The van der Waals surface area contributed by atoms with E-state index >= 15 is 0 Å². The van der Waals surface area contributed by atoms with Crippen molar-refractivity contribution in [3.63, 3.8) is 0 Å². The minimum Gasteiger partial charge on any atom is -0.235 e. The van der Waals surface area contributed by atoms with Crippen LogP contribution in [0.15, 0.2) is 47.4 Å². The Morgan fingerprint density at radius 3 is 2.43 bits per heavy atom. The van der Waals surface area contributed by atoms with Gasteiger partial charge in [0.25, 0.3) is 0 Å². The zero-order valence-corrected chi connectivity index (χ0v) is 12.5. The molecule has 1 aliphatic heterocycles. The summed E-state index contributed by atoms with van der Waals surface area (Å²) in [5, 5.41) is 2.97. The Hall–Kier alpha value is -1.69. The molecule has 0 unspecified atom stereocenters. The number of rotatable bonds is 2. The maximum Gasteiger partial charge on any atom is 0.243 e. The van der Waals surface area contributed by atoms with Crippen LogP contribution in [0.25, 0.3) is 21.7 Å². The minimum atomic E-state index is -3.36. The monoisotopic (exact) mass is 318 g/mol. The zero-order valence-electron chi connectivity index (χ0n) is 11.0. The molecule has 2 aromatic carbocycles. The third-order valence-corrected chi connectivity index (χ3v) is 5.85. The van der Waals surface area contributed by atoms with Crippen LogP contribution in [0.5, 0.6) is 0 Å². The fourth-order valence-corrected chi connectivity index (χ4v) is 4.11. The molecule has 4 rings (SSSR count). The third-order valence-electron chi connectivity index (χ3n) is 3.67. The largest absolute Gasteiger partial charge is 0.243 e. The van der Waals surface area contributed by atoms with Crippen molar-refractivity contribution in [2.24, 2.45) is 0 Å². The normalized spacial score (nSPS) is 15.7. The first-order valence-electron chi connectivity index (χ1n) is 6.55. The number of sulfonamides is 1. The molecule has 0 radical (unpaired) electrons. The van der Waals surface area contributed by atoms with E-state index in [1.54, 1.807) is 18.2 Å². The third kappa shape index (κ3) is 2.00. The predicted octanol–water partition coefficient (Wildman–Crippen LogP) is 3.05. The van der Waals surface area contributed by atoms with Crippen LogP contribution in [-0.4, -0.2) is 30.8 Å². The summed E-state index contributed by atoms with van der Waals surface area (Å²) >= 11 is 6.19. The molecular formula is C15H11ClN2O2S. The summed E-state index contributed by atoms with van der Waals surface area (Å²) in [6, 6.07) is 12.6. The number of fused-ring (bicyclic) bond motifs is 3. The van der Waals surface area contributed by atoms with Crippen LogP contribution in [0.1, 0.15) is 0 Å². The molecule has 0 N–H and O–H groups in total. The van der Waals surface area contributed by atoms with Crippen LogP contribution < -0.4 is 0 Å². The molecule has 0 atom stereocenters. The maximum absolute atomic E-state index is 12.3. The van der Waals surface area contributed by atoms with Crippen molar-refractivity contribution in [3.05, 3.63) is 47.6 Å². The van der Waals surface area contributed by atoms with Crippen LogP contribution in [0, 0.1) is 0 Å². The Morgan fingerprint density at radius 2 is 1.71 bits per heavy atom. The summed E-state index contributed by atoms with van der Waals surface area (Å²) in [4.78, 5) is 4.65. The topological polar surface area (TPSA) is 50.0 Å². The van der Waals surface area contributed by atoms with Crippen molar-refractivity contribution < 1.29 is 8.42 Å². The van der Waals surface area contributed by atoms with E-state index in [2.05, 4.69) is 4.98 Å². The Labute approximate surface area is 127 Å². The van der Waals surface area contributed by atoms with Crippen LogP contribution in [0.3, 0.4) is 0 Å². The van der Waals surface area contributed by atoms with E-state index in [1.807, 2.05) is 24.3 Å². The average molecular weight is 319 g/mol. The number of benzene rings is 2. The van der Waals surface area contributed by atoms with Crippen LogP contribution in [-0.2, 0) is 10.0 Å².